The molecule has 0 aromatic heterocycles. The number of thioether (sulfide) groups is 1. The first-order chi connectivity index (χ1) is 7.73. The highest BCUT2D eigenvalue weighted by molar-refractivity contribution is 7.99. The van der Waals surface area contributed by atoms with E-state index in [0.717, 1.165) is 5.75 Å². The fourth-order valence-electron chi connectivity index (χ4n) is 2.35. The van der Waals surface area contributed by atoms with E-state index in [1.807, 2.05) is 37.7 Å². The van der Waals surface area contributed by atoms with Crippen LogP contribution in [0.25, 0.3) is 0 Å². The molecule has 0 radical (unpaired) electrons. The van der Waals surface area contributed by atoms with Crippen molar-refractivity contribution < 1.29 is 5.11 Å². The van der Waals surface area contributed by atoms with Gasteiger partial charge in [-0.05, 0) is 38.6 Å². The fraction of sp³-hybridized carbons (Fsp3) is 1.00. The van der Waals surface area contributed by atoms with Crippen molar-refractivity contribution in [3.8, 4) is 0 Å². The molecule has 4 heteroatoms. The third-order valence-corrected chi connectivity index (χ3v) is 4.57. The Morgan fingerprint density at radius 1 is 1.47 bits per heavy atom. The minimum Gasteiger partial charge on any atom is -0.388 e. The molecule has 0 bridgehead atoms. The maximum atomic E-state index is 10.3. The quantitative estimate of drug-likeness (QED) is 0.784. The normalized spacial score (nSPS) is 28.1. The monoisotopic (exact) mass is 260 g/mol. The Balaban J connectivity index is 2.43. The van der Waals surface area contributed by atoms with Crippen LogP contribution >= 0.6 is 11.8 Å². The van der Waals surface area contributed by atoms with Crippen LogP contribution in [0.4, 0.5) is 0 Å². The molecule has 1 heterocycles. The summed E-state index contributed by atoms with van der Waals surface area (Å²) >= 11 is 2.02. The van der Waals surface area contributed by atoms with Crippen LogP contribution in [0.5, 0.6) is 0 Å². The standard InChI is InChI=1S/C13H28N2OS/c1-12(2)6-7-17-8-11(12)14-9-13(3,16)10-15(4)5/h11,14,16H,6-10H2,1-5H3. The fourth-order valence-corrected chi connectivity index (χ4v) is 3.99. The SMILES string of the molecule is CN(C)CC(C)(O)CNC1CSCCC1(C)C. The van der Waals surface area contributed by atoms with Gasteiger partial charge in [0.15, 0.2) is 0 Å². The van der Waals surface area contributed by atoms with Crippen LogP contribution in [0.3, 0.4) is 0 Å². The second-order valence-corrected chi connectivity index (χ2v) is 7.63. The lowest BCUT2D eigenvalue weighted by Crippen LogP contribution is -2.53. The molecule has 2 atom stereocenters. The molecule has 1 saturated heterocycles. The van der Waals surface area contributed by atoms with E-state index < -0.39 is 5.60 Å². The van der Waals surface area contributed by atoms with Crippen LogP contribution in [-0.4, -0.2) is 60.3 Å². The third kappa shape index (κ3) is 5.16. The lowest BCUT2D eigenvalue weighted by Gasteiger charge is -2.40. The molecule has 3 nitrogen and oxygen atoms in total. The van der Waals surface area contributed by atoms with Crippen LogP contribution < -0.4 is 5.32 Å². The van der Waals surface area contributed by atoms with Gasteiger partial charge in [-0.3, -0.25) is 0 Å². The first-order valence-electron chi connectivity index (χ1n) is 6.41. The van der Waals surface area contributed by atoms with E-state index in [9.17, 15) is 5.11 Å². The van der Waals surface area contributed by atoms with Gasteiger partial charge >= 0.3 is 0 Å². The summed E-state index contributed by atoms with van der Waals surface area (Å²) in [5.74, 6) is 2.42. The maximum absolute atomic E-state index is 10.3. The lowest BCUT2D eigenvalue weighted by atomic mass is 9.82. The summed E-state index contributed by atoms with van der Waals surface area (Å²) in [4.78, 5) is 2.03. The van der Waals surface area contributed by atoms with E-state index in [0.29, 0.717) is 24.5 Å². The van der Waals surface area contributed by atoms with E-state index in [-0.39, 0.29) is 0 Å². The number of likely N-dealkylation sites (N-methyl/N-ethyl adjacent to an activating group) is 1. The molecule has 17 heavy (non-hydrogen) atoms. The second-order valence-electron chi connectivity index (χ2n) is 6.48. The van der Waals surface area contributed by atoms with Gasteiger partial charge in [0.1, 0.15) is 0 Å². The van der Waals surface area contributed by atoms with Gasteiger partial charge in [0.2, 0.25) is 0 Å². The van der Waals surface area contributed by atoms with Crippen molar-refractivity contribution in [2.24, 2.45) is 5.41 Å². The smallest absolute Gasteiger partial charge is 0.0869 e. The van der Waals surface area contributed by atoms with Gasteiger partial charge in [-0.15, -0.1) is 0 Å². The Bertz CT molecular complexity index is 242. The topological polar surface area (TPSA) is 35.5 Å². The molecule has 0 saturated carbocycles. The summed E-state index contributed by atoms with van der Waals surface area (Å²) in [7, 11) is 3.99. The zero-order chi connectivity index (χ0) is 13.1. The Morgan fingerprint density at radius 3 is 2.65 bits per heavy atom. The van der Waals surface area contributed by atoms with Crippen LogP contribution in [0.2, 0.25) is 0 Å². The zero-order valence-electron chi connectivity index (χ0n) is 11.9. The summed E-state index contributed by atoms with van der Waals surface area (Å²) < 4.78 is 0. The first-order valence-corrected chi connectivity index (χ1v) is 7.57. The molecule has 1 aliphatic heterocycles. The van der Waals surface area contributed by atoms with E-state index in [1.54, 1.807) is 0 Å². The predicted octanol–water partition coefficient (Wildman–Crippen LogP) is 1.42. The highest BCUT2D eigenvalue weighted by Gasteiger charge is 2.33. The van der Waals surface area contributed by atoms with E-state index in [2.05, 4.69) is 19.2 Å². The minimum atomic E-state index is -0.651. The van der Waals surface area contributed by atoms with Crippen molar-refractivity contribution in [1.29, 1.82) is 0 Å². The molecule has 0 aromatic carbocycles. The Labute approximate surface area is 110 Å². The van der Waals surface area contributed by atoms with Crippen LogP contribution in [-0.2, 0) is 0 Å². The van der Waals surface area contributed by atoms with Gasteiger partial charge in [0.25, 0.3) is 0 Å². The number of hydrogen-bond donors (Lipinski definition) is 2. The van der Waals surface area contributed by atoms with E-state index in [4.69, 9.17) is 0 Å². The largest absolute Gasteiger partial charge is 0.388 e. The van der Waals surface area contributed by atoms with Crippen molar-refractivity contribution in [2.45, 2.75) is 38.8 Å². The number of rotatable bonds is 5. The third-order valence-electron chi connectivity index (χ3n) is 3.50. The van der Waals surface area contributed by atoms with Crippen molar-refractivity contribution in [2.75, 3.05) is 38.7 Å². The average molecular weight is 260 g/mol. The van der Waals surface area contributed by atoms with Gasteiger partial charge in [0, 0.05) is 24.9 Å². The number of nitrogens with zero attached hydrogens (tertiary/aromatic N) is 1. The van der Waals surface area contributed by atoms with Gasteiger partial charge in [-0.1, -0.05) is 13.8 Å². The van der Waals surface area contributed by atoms with Crippen molar-refractivity contribution in [3.05, 3.63) is 0 Å². The molecule has 0 aliphatic carbocycles. The van der Waals surface area contributed by atoms with Gasteiger partial charge < -0.3 is 15.3 Å². The van der Waals surface area contributed by atoms with Crippen LogP contribution in [0.15, 0.2) is 0 Å². The van der Waals surface area contributed by atoms with Crippen LogP contribution in [0, 0.1) is 5.41 Å². The maximum Gasteiger partial charge on any atom is 0.0869 e. The number of aliphatic hydroxyl groups is 1. The summed E-state index contributed by atoms with van der Waals surface area (Å²) in [6.07, 6.45) is 1.26. The van der Waals surface area contributed by atoms with Crippen molar-refractivity contribution >= 4 is 11.8 Å². The summed E-state index contributed by atoms with van der Waals surface area (Å²) in [6, 6.07) is 0.509. The highest BCUT2D eigenvalue weighted by Crippen LogP contribution is 2.34. The van der Waals surface area contributed by atoms with Gasteiger partial charge in [0.05, 0.1) is 5.60 Å². The molecular formula is C13H28N2OS. The summed E-state index contributed by atoms with van der Waals surface area (Å²) in [5, 5.41) is 13.8. The highest BCUT2D eigenvalue weighted by atomic mass is 32.2. The molecule has 0 amide bonds. The van der Waals surface area contributed by atoms with Gasteiger partial charge in [-0.25, -0.2) is 0 Å². The Morgan fingerprint density at radius 2 is 2.12 bits per heavy atom. The number of hydrogen-bond acceptors (Lipinski definition) is 4. The number of nitrogens with one attached hydrogen (secondary N) is 1. The first kappa shape index (κ1) is 15.3. The summed E-state index contributed by atoms with van der Waals surface area (Å²) in [5.41, 5.74) is -0.304. The second kappa shape index (κ2) is 5.91. The van der Waals surface area contributed by atoms with E-state index in [1.165, 1.54) is 12.2 Å². The molecule has 2 N–H and O–H groups in total. The minimum absolute atomic E-state index is 0.347. The van der Waals surface area contributed by atoms with Crippen molar-refractivity contribution in [1.82, 2.24) is 10.2 Å². The molecular weight excluding hydrogens is 232 g/mol. The average Bonchev–Trinajstić information content (AvgIpc) is 2.13. The molecule has 102 valence electrons. The Hall–Kier alpha value is 0.230. The van der Waals surface area contributed by atoms with Crippen molar-refractivity contribution in [3.63, 3.8) is 0 Å². The molecule has 1 rings (SSSR count). The van der Waals surface area contributed by atoms with Crippen LogP contribution in [0.1, 0.15) is 27.2 Å². The molecule has 1 fully saturated rings. The van der Waals surface area contributed by atoms with E-state index >= 15 is 0 Å². The molecule has 0 spiro atoms. The molecule has 0 aromatic rings. The zero-order valence-corrected chi connectivity index (χ0v) is 12.7. The summed E-state index contributed by atoms with van der Waals surface area (Å²) in [6.45, 7) is 7.92. The molecule has 1 aliphatic rings. The van der Waals surface area contributed by atoms with Gasteiger partial charge in [-0.2, -0.15) is 11.8 Å². The molecule has 2 unspecified atom stereocenters. The lowest BCUT2D eigenvalue weighted by molar-refractivity contribution is 0.0274. The Kier molecular flexibility index (Phi) is 5.32. The predicted molar refractivity (Wildman–Crippen MR) is 76.7 cm³/mol.